The number of rotatable bonds is 5. The van der Waals surface area contributed by atoms with Gasteiger partial charge >= 0.3 is 12.2 Å². The summed E-state index contributed by atoms with van der Waals surface area (Å²) in [7, 11) is 0. The first-order chi connectivity index (χ1) is 14.3. The summed E-state index contributed by atoms with van der Waals surface area (Å²) >= 11 is 0. The van der Waals surface area contributed by atoms with Crippen LogP contribution >= 0.6 is 0 Å². The molecule has 6 nitrogen and oxygen atoms in total. The van der Waals surface area contributed by atoms with Gasteiger partial charge in [0.05, 0.1) is 29.9 Å². The number of urea groups is 1. The van der Waals surface area contributed by atoms with Gasteiger partial charge in [0.15, 0.2) is 0 Å². The van der Waals surface area contributed by atoms with Crippen molar-refractivity contribution in [1.29, 1.82) is 0 Å². The number of carbonyl (C=O) groups excluding carboxylic acids is 1. The van der Waals surface area contributed by atoms with Crippen molar-refractivity contribution in [3.05, 3.63) is 77.2 Å². The quantitative estimate of drug-likeness (QED) is 0.579. The van der Waals surface area contributed by atoms with Crippen LogP contribution in [-0.2, 0) is 19.3 Å². The van der Waals surface area contributed by atoms with E-state index in [1.54, 1.807) is 30.3 Å². The molecule has 0 atom stereocenters. The number of carbonyl (C=O) groups is 1. The summed E-state index contributed by atoms with van der Waals surface area (Å²) in [5, 5.41) is 14.2. The van der Waals surface area contributed by atoms with Gasteiger partial charge in [-0.25, -0.2) is 9.78 Å². The molecule has 0 unspecified atom stereocenters. The van der Waals surface area contributed by atoms with E-state index in [0.717, 1.165) is 11.6 Å². The number of amides is 2. The zero-order chi connectivity index (χ0) is 21.7. The van der Waals surface area contributed by atoms with Crippen LogP contribution in [0.3, 0.4) is 0 Å². The molecule has 30 heavy (non-hydrogen) atoms. The Hall–Kier alpha value is -3.46. The van der Waals surface area contributed by atoms with Crippen LogP contribution in [0.2, 0.25) is 0 Å². The second-order valence-corrected chi connectivity index (χ2v) is 6.58. The van der Waals surface area contributed by atoms with Gasteiger partial charge in [-0.3, -0.25) is 4.98 Å². The SMILES string of the molecule is Cc1cccc(-c2nc(C(F)(F)F)ccc2CNC(=O)Nc2ccc(CO)nc2)c1. The summed E-state index contributed by atoms with van der Waals surface area (Å²) in [4.78, 5) is 19.9. The van der Waals surface area contributed by atoms with Gasteiger partial charge in [0.25, 0.3) is 0 Å². The maximum atomic E-state index is 13.1. The molecule has 2 heterocycles. The number of aromatic nitrogens is 2. The molecule has 2 aromatic heterocycles. The highest BCUT2D eigenvalue weighted by Crippen LogP contribution is 2.31. The molecule has 2 amide bonds. The Morgan fingerprint density at radius 2 is 1.93 bits per heavy atom. The standard InChI is InChI=1S/C21H19F3N4O2/c1-13-3-2-4-14(9-13)19-15(5-8-18(28-19)21(22,23)24)10-26-20(30)27-16-6-7-17(12-29)25-11-16/h2-9,11,29H,10,12H2,1H3,(H2,26,27,30). The van der Waals surface area contributed by atoms with Crippen LogP contribution in [0, 0.1) is 6.92 Å². The van der Waals surface area contributed by atoms with Crippen LogP contribution in [0.4, 0.5) is 23.7 Å². The molecule has 3 aromatic rings. The van der Waals surface area contributed by atoms with Gasteiger partial charge < -0.3 is 15.7 Å². The highest BCUT2D eigenvalue weighted by molar-refractivity contribution is 5.89. The van der Waals surface area contributed by atoms with E-state index in [0.29, 0.717) is 22.5 Å². The van der Waals surface area contributed by atoms with Gasteiger partial charge in [-0.1, -0.05) is 29.8 Å². The third-order valence-electron chi connectivity index (χ3n) is 4.24. The lowest BCUT2D eigenvalue weighted by atomic mass is 10.0. The average molecular weight is 416 g/mol. The summed E-state index contributed by atoms with van der Waals surface area (Å²) in [6, 6.07) is 11.8. The van der Waals surface area contributed by atoms with E-state index in [1.165, 1.54) is 12.3 Å². The largest absolute Gasteiger partial charge is 0.433 e. The average Bonchev–Trinajstić information content (AvgIpc) is 2.72. The second-order valence-electron chi connectivity index (χ2n) is 6.58. The number of hydrogen-bond donors (Lipinski definition) is 3. The summed E-state index contributed by atoms with van der Waals surface area (Å²) in [5.41, 5.74) is 1.88. The molecule has 0 bridgehead atoms. The van der Waals surface area contributed by atoms with E-state index in [-0.39, 0.29) is 18.8 Å². The van der Waals surface area contributed by atoms with Crippen molar-refractivity contribution in [2.45, 2.75) is 26.3 Å². The van der Waals surface area contributed by atoms with Gasteiger partial charge in [0.1, 0.15) is 5.69 Å². The van der Waals surface area contributed by atoms with E-state index in [1.807, 2.05) is 13.0 Å². The van der Waals surface area contributed by atoms with Gasteiger partial charge in [-0.05, 0) is 36.8 Å². The molecule has 0 saturated heterocycles. The van der Waals surface area contributed by atoms with E-state index in [4.69, 9.17) is 5.11 Å². The minimum atomic E-state index is -4.57. The third-order valence-corrected chi connectivity index (χ3v) is 4.24. The Morgan fingerprint density at radius 1 is 1.13 bits per heavy atom. The van der Waals surface area contributed by atoms with Crippen molar-refractivity contribution in [1.82, 2.24) is 15.3 Å². The first-order valence-corrected chi connectivity index (χ1v) is 9.01. The number of alkyl halides is 3. The number of nitrogens with one attached hydrogen (secondary N) is 2. The number of hydrogen-bond acceptors (Lipinski definition) is 4. The van der Waals surface area contributed by atoms with Crippen LogP contribution in [0.1, 0.15) is 22.5 Å². The molecule has 0 aliphatic carbocycles. The fraction of sp³-hybridized carbons (Fsp3) is 0.190. The molecule has 0 aliphatic heterocycles. The summed E-state index contributed by atoms with van der Waals surface area (Å²) in [5.74, 6) is 0. The highest BCUT2D eigenvalue weighted by Gasteiger charge is 2.33. The number of benzene rings is 1. The molecule has 0 radical (unpaired) electrons. The number of aliphatic hydroxyl groups excluding tert-OH is 1. The molecule has 156 valence electrons. The Bertz CT molecular complexity index is 1040. The van der Waals surface area contributed by atoms with E-state index >= 15 is 0 Å². The molecular formula is C21H19F3N4O2. The van der Waals surface area contributed by atoms with E-state index in [9.17, 15) is 18.0 Å². The molecule has 0 aliphatic rings. The number of nitrogens with zero attached hydrogens (tertiary/aromatic N) is 2. The minimum absolute atomic E-state index is 0.0254. The molecule has 9 heteroatoms. The minimum Gasteiger partial charge on any atom is -0.390 e. The molecule has 3 rings (SSSR count). The van der Waals surface area contributed by atoms with Crippen molar-refractivity contribution in [2.24, 2.45) is 0 Å². The van der Waals surface area contributed by atoms with Gasteiger partial charge in [0, 0.05) is 12.1 Å². The fourth-order valence-electron chi connectivity index (χ4n) is 2.77. The van der Waals surface area contributed by atoms with Crippen LogP contribution in [0.25, 0.3) is 11.3 Å². The Balaban J connectivity index is 1.79. The maximum absolute atomic E-state index is 13.1. The topological polar surface area (TPSA) is 87.1 Å². The van der Waals surface area contributed by atoms with Crippen molar-refractivity contribution in [2.75, 3.05) is 5.32 Å². The van der Waals surface area contributed by atoms with Crippen molar-refractivity contribution >= 4 is 11.7 Å². The number of pyridine rings is 2. The molecular weight excluding hydrogens is 397 g/mol. The lowest BCUT2D eigenvalue weighted by molar-refractivity contribution is -0.141. The Morgan fingerprint density at radius 3 is 2.57 bits per heavy atom. The van der Waals surface area contributed by atoms with E-state index in [2.05, 4.69) is 20.6 Å². The van der Waals surface area contributed by atoms with Gasteiger partial charge in [0.2, 0.25) is 0 Å². The molecule has 3 N–H and O–H groups in total. The Labute approximate surface area is 170 Å². The molecule has 0 spiro atoms. The highest BCUT2D eigenvalue weighted by atomic mass is 19.4. The first kappa shape index (κ1) is 21.3. The van der Waals surface area contributed by atoms with Crippen LogP contribution in [-0.4, -0.2) is 21.1 Å². The summed E-state index contributed by atoms with van der Waals surface area (Å²) in [6.07, 6.45) is -3.18. The maximum Gasteiger partial charge on any atom is 0.433 e. The Kier molecular flexibility index (Phi) is 6.31. The lowest BCUT2D eigenvalue weighted by Crippen LogP contribution is -2.28. The smallest absolute Gasteiger partial charge is 0.390 e. The predicted molar refractivity (Wildman–Crippen MR) is 105 cm³/mol. The number of aliphatic hydroxyl groups is 1. The molecule has 0 saturated carbocycles. The van der Waals surface area contributed by atoms with Gasteiger partial charge in [-0.15, -0.1) is 0 Å². The second kappa shape index (κ2) is 8.91. The zero-order valence-electron chi connectivity index (χ0n) is 16.0. The third kappa shape index (κ3) is 5.32. The first-order valence-electron chi connectivity index (χ1n) is 9.01. The molecule has 0 fully saturated rings. The van der Waals surface area contributed by atoms with Gasteiger partial charge in [-0.2, -0.15) is 13.2 Å². The van der Waals surface area contributed by atoms with Crippen molar-refractivity contribution in [3.63, 3.8) is 0 Å². The summed E-state index contributed by atoms with van der Waals surface area (Å²) < 4.78 is 39.4. The fourth-order valence-corrected chi connectivity index (χ4v) is 2.77. The summed E-state index contributed by atoms with van der Waals surface area (Å²) in [6.45, 7) is 1.59. The predicted octanol–water partition coefficient (Wildman–Crippen LogP) is 4.28. The van der Waals surface area contributed by atoms with Crippen LogP contribution < -0.4 is 10.6 Å². The number of aryl methyl sites for hydroxylation is 1. The van der Waals surface area contributed by atoms with Crippen molar-refractivity contribution < 1.29 is 23.1 Å². The normalized spacial score (nSPS) is 11.2. The van der Waals surface area contributed by atoms with Crippen LogP contribution in [0.5, 0.6) is 0 Å². The number of anilines is 1. The monoisotopic (exact) mass is 416 g/mol. The van der Waals surface area contributed by atoms with E-state index < -0.39 is 17.9 Å². The number of halogens is 3. The zero-order valence-corrected chi connectivity index (χ0v) is 16.0. The lowest BCUT2D eigenvalue weighted by Gasteiger charge is -2.14. The van der Waals surface area contributed by atoms with Crippen LogP contribution in [0.15, 0.2) is 54.7 Å². The van der Waals surface area contributed by atoms with Crippen molar-refractivity contribution in [3.8, 4) is 11.3 Å². The molecule has 1 aromatic carbocycles.